The Morgan fingerprint density at radius 3 is 2.00 bits per heavy atom. The van der Waals surface area contributed by atoms with Crippen LogP contribution in [0.15, 0.2) is 109 Å². The van der Waals surface area contributed by atoms with Crippen LogP contribution in [-0.4, -0.2) is 17.0 Å². The Morgan fingerprint density at radius 1 is 0.804 bits per heavy atom. The van der Waals surface area contributed by atoms with Gasteiger partial charge in [0.2, 0.25) is 0 Å². The third-order valence-electron chi connectivity index (χ3n) is 7.45. The second-order valence-electron chi connectivity index (χ2n) is 11.0. The number of amides is 1. The van der Waals surface area contributed by atoms with E-state index in [1.54, 1.807) is 66.7 Å². The van der Waals surface area contributed by atoms with Crippen LogP contribution in [0.3, 0.4) is 0 Å². The van der Waals surface area contributed by atoms with Gasteiger partial charge in [0.1, 0.15) is 18.2 Å². The van der Waals surface area contributed by atoms with Crippen LogP contribution >= 0.6 is 0 Å². The lowest BCUT2D eigenvalue weighted by Gasteiger charge is -2.18. The molecule has 0 unspecified atom stereocenters. The highest BCUT2D eigenvalue weighted by atomic mass is 19.4. The molecule has 5 aromatic rings. The fourth-order valence-electron chi connectivity index (χ4n) is 4.98. The van der Waals surface area contributed by atoms with Crippen LogP contribution in [0.2, 0.25) is 0 Å². The maximum Gasteiger partial charge on any atom is 0.416 e. The highest BCUT2D eigenvalue weighted by Gasteiger charge is 2.30. The number of carboxylic acids is 1. The molecule has 0 saturated heterocycles. The minimum absolute atomic E-state index is 0.0348. The summed E-state index contributed by atoms with van der Waals surface area (Å²) in [5, 5.41) is 12.8. The molecule has 0 fully saturated rings. The molecule has 0 heterocycles. The van der Waals surface area contributed by atoms with Gasteiger partial charge in [0.25, 0.3) is 5.91 Å². The normalized spacial score (nSPS) is 11.4. The van der Waals surface area contributed by atoms with Crippen molar-refractivity contribution in [3.05, 3.63) is 143 Å². The zero-order valence-electron chi connectivity index (χ0n) is 24.9. The fourth-order valence-corrected chi connectivity index (χ4v) is 4.98. The van der Waals surface area contributed by atoms with E-state index in [0.717, 1.165) is 34.4 Å². The van der Waals surface area contributed by atoms with E-state index in [-0.39, 0.29) is 35.3 Å². The van der Waals surface area contributed by atoms with Crippen LogP contribution in [0.5, 0.6) is 5.75 Å². The average Bonchev–Trinajstić information content (AvgIpc) is 3.04. The number of hydrogen-bond donors (Lipinski definition) is 2. The number of halogens is 4. The molecule has 234 valence electrons. The summed E-state index contributed by atoms with van der Waals surface area (Å²) in [5.74, 6) is -1.99. The lowest BCUT2D eigenvalue weighted by atomic mass is 9.89. The van der Waals surface area contributed by atoms with Crippen molar-refractivity contribution in [2.45, 2.75) is 32.5 Å². The topological polar surface area (TPSA) is 75.6 Å². The standard InChI is InChI=1S/C37H29F4NO4/c1-22(2)31-20-34(42-35(43)27-12-10-24(11-13-27)25-14-16-29(38)17-15-25)33(36(44)45)19-32(31)26-8-6-23(7-9-26)21-46-30-5-3-4-28(18-30)37(39,40)41/h3-20,22H,21H2,1-2H3,(H,42,43)(H,44,45). The number of hydrogen-bond acceptors (Lipinski definition) is 3. The Kier molecular flexibility index (Phi) is 9.23. The second kappa shape index (κ2) is 13.3. The van der Waals surface area contributed by atoms with Crippen molar-refractivity contribution in [1.82, 2.24) is 0 Å². The third-order valence-corrected chi connectivity index (χ3v) is 7.45. The molecule has 9 heteroatoms. The molecule has 0 bridgehead atoms. The number of carboxylic acid groups (broad SMARTS) is 1. The summed E-state index contributed by atoms with van der Waals surface area (Å²) in [6, 6.07) is 27.6. The first-order valence-corrected chi connectivity index (χ1v) is 14.4. The Hall–Kier alpha value is -5.44. The fraction of sp³-hybridized carbons (Fsp3) is 0.135. The van der Waals surface area contributed by atoms with Crippen molar-refractivity contribution in [2.24, 2.45) is 0 Å². The molecule has 0 aliphatic heterocycles. The zero-order valence-corrected chi connectivity index (χ0v) is 24.9. The van der Waals surface area contributed by atoms with Gasteiger partial charge in [0.05, 0.1) is 16.8 Å². The average molecular weight is 628 g/mol. The number of carbonyl (C=O) groups excluding carboxylic acids is 1. The largest absolute Gasteiger partial charge is 0.489 e. The van der Waals surface area contributed by atoms with Gasteiger partial charge in [-0.2, -0.15) is 13.2 Å². The first-order valence-electron chi connectivity index (χ1n) is 14.4. The maximum atomic E-state index is 13.3. The van der Waals surface area contributed by atoms with Gasteiger partial charge < -0.3 is 15.2 Å². The number of rotatable bonds is 9. The second-order valence-corrected chi connectivity index (χ2v) is 11.0. The number of alkyl halides is 3. The van der Waals surface area contributed by atoms with E-state index in [1.807, 2.05) is 13.8 Å². The summed E-state index contributed by atoms with van der Waals surface area (Å²) >= 11 is 0. The number of anilines is 1. The summed E-state index contributed by atoms with van der Waals surface area (Å²) in [7, 11) is 0. The van der Waals surface area contributed by atoms with Crippen LogP contribution in [0.4, 0.5) is 23.2 Å². The SMILES string of the molecule is CC(C)c1cc(NC(=O)c2ccc(-c3ccc(F)cc3)cc2)c(C(=O)O)cc1-c1ccc(COc2cccc(C(F)(F)F)c2)cc1. The smallest absolute Gasteiger partial charge is 0.416 e. The summed E-state index contributed by atoms with van der Waals surface area (Å²) in [5.41, 5.74) is 4.07. The van der Waals surface area contributed by atoms with Gasteiger partial charge in [0.15, 0.2) is 0 Å². The van der Waals surface area contributed by atoms with Crippen molar-refractivity contribution in [3.8, 4) is 28.0 Å². The number of carbonyl (C=O) groups is 2. The summed E-state index contributed by atoms with van der Waals surface area (Å²) < 4.78 is 57.9. The Bertz CT molecular complexity index is 1860. The summed E-state index contributed by atoms with van der Waals surface area (Å²) in [4.78, 5) is 25.5. The molecular formula is C37H29F4NO4. The van der Waals surface area contributed by atoms with Crippen LogP contribution in [0.1, 0.15) is 57.2 Å². The van der Waals surface area contributed by atoms with Crippen molar-refractivity contribution in [3.63, 3.8) is 0 Å². The first-order chi connectivity index (χ1) is 21.9. The molecule has 2 N–H and O–H groups in total. The van der Waals surface area contributed by atoms with Crippen LogP contribution in [-0.2, 0) is 12.8 Å². The molecule has 0 aromatic heterocycles. The van der Waals surface area contributed by atoms with Crippen molar-refractivity contribution in [2.75, 3.05) is 5.32 Å². The minimum atomic E-state index is -4.47. The molecule has 0 aliphatic rings. The first kappa shape index (κ1) is 32.0. The van der Waals surface area contributed by atoms with Crippen LogP contribution < -0.4 is 10.1 Å². The molecule has 1 amide bonds. The maximum absolute atomic E-state index is 13.3. The van der Waals surface area contributed by atoms with E-state index in [9.17, 15) is 32.3 Å². The number of nitrogens with one attached hydrogen (secondary N) is 1. The van der Waals surface area contributed by atoms with Crippen LogP contribution in [0.25, 0.3) is 22.3 Å². The third kappa shape index (κ3) is 7.43. The van der Waals surface area contributed by atoms with Gasteiger partial charge in [-0.05, 0) is 93.9 Å². The molecule has 5 rings (SSSR count). The summed E-state index contributed by atoms with van der Waals surface area (Å²) in [6.45, 7) is 3.95. The van der Waals surface area contributed by atoms with E-state index in [4.69, 9.17) is 4.74 Å². The highest BCUT2D eigenvalue weighted by Crippen LogP contribution is 2.35. The van der Waals surface area contributed by atoms with E-state index >= 15 is 0 Å². The lowest BCUT2D eigenvalue weighted by molar-refractivity contribution is -0.137. The molecule has 46 heavy (non-hydrogen) atoms. The van der Waals surface area contributed by atoms with E-state index in [2.05, 4.69) is 5.32 Å². The Labute approximate surface area is 263 Å². The van der Waals surface area contributed by atoms with Gasteiger partial charge in [-0.15, -0.1) is 0 Å². The highest BCUT2D eigenvalue weighted by molar-refractivity contribution is 6.08. The van der Waals surface area contributed by atoms with E-state index in [0.29, 0.717) is 16.7 Å². The molecule has 0 saturated carbocycles. The van der Waals surface area contributed by atoms with E-state index in [1.165, 1.54) is 30.3 Å². The predicted octanol–water partition coefficient (Wildman–Crippen LogP) is 9.83. The van der Waals surface area contributed by atoms with Crippen molar-refractivity contribution in [1.29, 1.82) is 0 Å². The van der Waals surface area contributed by atoms with Gasteiger partial charge in [-0.25, -0.2) is 9.18 Å². The van der Waals surface area contributed by atoms with Crippen molar-refractivity contribution >= 4 is 17.6 Å². The lowest BCUT2D eigenvalue weighted by Crippen LogP contribution is -2.15. The van der Waals surface area contributed by atoms with Gasteiger partial charge in [0, 0.05) is 5.56 Å². The monoisotopic (exact) mass is 627 g/mol. The number of aromatic carboxylic acids is 1. The molecule has 5 aromatic carbocycles. The van der Waals surface area contributed by atoms with Crippen LogP contribution in [0, 0.1) is 5.82 Å². The Morgan fingerprint density at radius 2 is 1.41 bits per heavy atom. The van der Waals surface area contributed by atoms with Crippen molar-refractivity contribution < 1.29 is 37.0 Å². The van der Waals surface area contributed by atoms with Gasteiger partial charge >= 0.3 is 12.1 Å². The quantitative estimate of drug-likeness (QED) is 0.160. The Balaban J connectivity index is 1.36. The van der Waals surface area contributed by atoms with Gasteiger partial charge in [-0.3, -0.25) is 4.79 Å². The molecule has 0 spiro atoms. The van der Waals surface area contributed by atoms with Gasteiger partial charge in [-0.1, -0.05) is 68.4 Å². The molecule has 0 atom stereocenters. The number of benzene rings is 5. The molecule has 0 aliphatic carbocycles. The summed E-state index contributed by atoms with van der Waals surface area (Å²) in [6.07, 6.45) is -4.47. The molecule has 5 nitrogen and oxygen atoms in total. The zero-order chi connectivity index (χ0) is 33.0. The van der Waals surface area contributed by atoms with E-state index < -0.39 is 23.6 Å². The number of ether oxygens (including phenoxy) is 1. The predicted molar refractivity (Wildman–Crippen MR) is 168 cm³/mol. The molecular weight excluding hydrogens is 598 g/mol. The minimum Gasteiger partial charge on any atom is -0.489 e. The molecule has 0 radical (unpaired) electrons.